The average molecular weight is 872 g/mol. The molecular formula is C56H105NO5. The van der Waals surface area contributed by atoms with Crippen molar-refractivity contribution in [3.05, 3.63) is 36.5 Å². The molecule has 0 saturated carbocycles. The van der Waals surface area contributed by atoms with Crippen LogP contribution in [0.1, 0.15) is 284 Å². The molecule has 0 spiro atoms. The molecule has 0 aromatic heterocycles. The van der Waals surface area contributed by atoms with E-state index in [0.717, 1.165) is 70.6 Å². The maximum absolute atomic E-state index is 12.5. The normalized spacial score (nSPS) is 12.9. The van der Waals surface area contributed by atoms with Crippen molar-refractivity contribution in [2.75, 3.05) is 13.2 Å². The predicted octanol–water partition coefficient (Wildman–Crippen LogP) is 16.5. The molecule has 0 aliphatic rings. The molecule has 1 amide bonds. The molecule has 0 aliphatic heterocycles. The molecule has 2 unspecified atom stereocenters. The first-order valence-electron chi connectivity index (χ1n) is 27.3. The van der Waals surface area contributed by atoms with E-state index in [4.69, 9.17) is 4.74 Å². The fourth-order valence-electron chi connectivity index (χ4n) is 8.14. The molecule has 0 fully saturated rings. The summed E-state index contributed by atoms with van der Waals surface area (Å²) in [6.07, 6.45) is 62.9. The van der Waals surface area contributed by atoms with Crippen LogP contribution in [0.2, 0.25) is 0 Å². The van der Waals surface area contributed by atoms with Gasteiger partial charge >= 0.3 is 5.97 Å². The van der Waals surface area contributed by atoms with E-state index in [0.29, 0.717) is 19.4 Å². The van der Waals surface area contributed by atoms with Crippen LogP contribution in [0.5, 0.6) is 0 Å². The quantitative estimate of drug-likeness (QED) is 0.0321. The minimum absolute atomic E-state index is 0.0226. The Kier molecular flexibility index (Phi) is 50.1. The Balaban J connectivity index is 3.53. The molecule has 364 valence electrons. The number of amides is 1. The molecular weight excluding hydrogens is 767 g/mol. The Labute approximate surface area is 385 Å². The number of unbranched alkanes of at least 4 members (excludes halogenated alkanes) is 35. The number of allylic oxidation sites excluding steroid dienone is 5. The van der Waals surface area contributed by atoms with Gasteiger partial charge in [-0.3, -0.25) is 9.59 Å². The van der Waals surface area contributed by atoms with Gasteiger partial charge in [0.25, 0.3) is 0 Å². The number of esters is 1. The molecule has 0 aromatic rings. The van der Waals surface area contributed by atoms with Crippen molar-refractivity contribution in [2.24, 2.45) is 0 Å². The van der Waals surface area contributed by atoms with Gasteiger partial charge in [0, 0.05) is 12.8 Å². The van der Waals surface area contributed by atoms with E-state index in [-0.39, 0.29) is 18.5 Å². The van der Waals surface area contributed by atoms with Gasteiger partial charge in [-0.05, 0) is 77.0 Å². The van der Waals surface area contributed by atoms with Crippen molar-refractivity contribution in [2.45, 2.75) is 296 Å². The summed E-state index contributed by atoms with van der Waals surface area (Å²) < 4.78 is 5.43. The summed E-state index contributed by atoms with van der Waals surface area (Å²) in [6.45, 7) is 4.83. The Morgan fingerprint density at radius 1 is 0.435 bits per heavy atom. The fourth-order valence-corrected chi connectivity index (χ4v) is 8.14. The SMILES string of the molecule is CCCC/C=C\CCCCCCCC(=O)OCCCCCC/C=C\CCCCCCCCCC(=O)NC(CO)C(O)/C=C/CCCCCCCCCCCCCCCCCCC. The topological polar surface area (TPSA) is 95.9 Å². The molecule has 0 saturated heterocycles. The monoisotopic (exact) mass is 872 g/mol. The summed E-state index contributed by atoms with van der Waals surface area (Å²) in [5.41, 5.74) is 0. The van der Waals surface area contributed by atoms with Gasteiger partial charge < -0.3 is 20.3 Å². The third-order valence-corrected chi connectivity index (χ3v) is 12.4. The van der Waals surface area contributed by atoms with E-state index >= 15 is 0 Å². The highest BCUT2D eigenvalue weighted by Crippen LogP contribution is 2.16. The maximum Gasteiger partial charge on any atom is 0.305 e. The van der Waals surface area contributed by atoms with E-state index in [9.17, 15) is 19.8 Å². The lowest BCUT2D eigenvalue weighted by molar-refractivity contribution is -0.143. The van der Waals surface area contributed by atoms with Gasteiger partial charge in [0.15, 0.2) is 0 Å². The fraction of sp³-hybridized carbons (Fsp3) is 0.857. The molecule has 0 bridgehead atoms. The summed E-state index contributed by atoms with van der Waals surface area (Å²) in [4.78, 5) is 24.4. The number of hydrogen-bond donors (Lipinski definition) is 3. The first kappa shape index (κ1) is 60.1. The minimum atomic E-state index is -0.855. The third-order valence-electron chi connectivity index (χ3n) is 12.4. The largest absolute Gasteiger partial charge is 0.466 e. The highest BCUT2D eigenvalue weighted by molar-refractivity contribution is 5.76. The predicted molar refractivity (Wildman–Crippen MR) is 269 cm³/mol. The molecule has 6 heteroatoms. The van der Waals surface area contributed by atoms with Crippen LogP contribution in [0.4, 0.5) is 0 Å². The van der Waals surface area contributed by atoms with Gasteiger partial charge in [0.1, 0.15) is 0 Å². The number of carbonyl (C=O) groups excluding carboxylic acids is 2. The molecule has 0 heterocycles. The van der Waals surface area contributed by atoms with E-state index in [2.05, 4.69) is 43.5 Å². The second kappa shape index (κ2) is 51.7. The second-order valence-electron chi connectivity index (χ2n) is 18.5. The molecule has 3 N–H and O–H groups in total. The van der Waals surface area contributed by atoms with Crippen molar-refractivity contribution >= 4 is 11.9 Å². The smallest absolute Gasteiger partial charge is 0.305 e. The van der Waals surface area contributed by atoms with Crippen molar-refractivity contribution in [3.8, 4) is 0 Å². The summed E-state index contributed by atoms with van der Waals surface area (Å²) in [7, 11) is 0. The van der Waals surface area contributed by atoms with Gasteiger partial charge in [-0.25, -0.2) is 0 Å². The van der Waals surface area contributed by atoms with Crippen LogP contribution in [0.25, 0.3) is 0 Å². The number of aliphatic hydroxyl groups is 2. The van der Waals surface area contributed by atoms with Gasteiger partial charge in [0.05, 0.1) is 25.4 Å². The van der Waals surface area contributed by atoms with E-state index in [1.165, 1.54) is 186 Å². The first-order chi connectivity index (χ1) is 30.5. The van der Waals surface area contributed by atoms with Crippen LogP contribution >= 0.6 is 0 Å². The highest BCUT2D eigenvalue weighted by atomic mass is 16.5. The molecule has 0 aliphatic carbocycles. The molecule has 6 nitrogen and oxygen atoms in total. The van der Waals surface area contributed by atoms with Crippen molar-refractivity contribution in [1.29, 1.82) is 0 Å². The number of hydrogen-bond acceptors (Lipinski definition) is 5. The second-order valence-corrected chi connectivity index (χ2v) is 18.5. The molecule has 2 atom stereocenters. The minimum Gasteiger partial charge on any atom is -0.466 e. The molecule has 62 heavy (non-hydrogen) atoms. The first-order valence-corrected chi connectivity index (χ1v) is 27.3. The lowest BCUT2D eigenvalue weighted by atomic mass is 10.0. The van der Waals surface area contributed by atoms with Crippen LogP contribution in [0.15, 0.2) is 36.5 Å². The van der Waals surface area contributed by atoms with Crippen molar-refractivity contribution < 1.29 is 24.5 Å². The van der Waals surface area contributed by atoms with Crippen LogP contribution in [0, 0.1) is 0 Å². The standard InChI is InChI=1S/C56H105NO5/c1-3-5-7-9-11-13-15-16-17-18-19-20-22-25-29-32-36-40-44-48-54(59)53(52-58)57-55(60)49-45-41-37-33-30-26-23-21-24-27-31-35-39-43-47-51-62-56(61)50-46-42-38-34-28-14-12-10-8-6-4-2/h10,12,24,27,44,48,53-54,58-59H,3-9,11,13-23,25-26,28-43,45-47,49-52H2,1-2H3,(H,57,60)/b12-10-,27-24-,48-44+. The maximum atomic E-state index is 12.5. The summed E-state index contributed by atoms with van der Waals surface area (Å²) in [5.74, 6) is -0.105. The number of aliphatic hydroxyl groups excluding tert-OH is 2. The summed E-state index contributed by atoms with van der Waals surface area (Å²) >= 11 is 0. The van der Waals surface area contributed by atoms with E-state index in [1.807, 2.05) is 6.08 Å². The zero-order valence-electron chi connectivity index (χ0n) is 41.4. The lowest BCUT2D eigenvalue weighted by Crippen LogP contribution is -2.45. The Bertz CT molecular complexity index is 1010. The number of rotatable bonds is 50. The number of ether oxygens (including phenoxy) is 1. The number of carbonyl (C=O) groups is 2. The van der Waals surface area contributed by atoms with Gasteiger partial charge in [0.2, 0.25) is 5.91 Å². The van der Waals surface area contributed by atoms with Crippen LogP contribution in [-0.4, -0.2) is 47.4 Å². The number of nitrogens with one attached hydrogen (secondary N) is 1. The Morgan fingerprint density at radius 2 is 0.774 bits per heavy atom. The summed E-state index contributed by atoms with van der Waals surface area (Å²) in [6, 6.07) is -0.640. The highest BCUT2D eigenvalue weighted by Gasteiger charge is 2.18. The third kappa shape index (κ3) is 47.6. The van der Waals surface area contributed by atoms with Crippen molar-refractivity contribution in [3.63, 3.8) is 0 Å². The van der Waals surface area contributed by atoms with E-state index < -0.39 is 12.1 Å². The van der Waals surface area contributed by atoms with Crippen LogP contribution in [0.3, 0.4) is 0 Å². The van der Waals surface area contributed by atoms with Crippen LogP contribution < -0.4 is 5.32 Å². The molecule has 0 rings (SSSR count). The van der Waals surface area contributed by atoms with Gasteiger partial charge in [-0.15, -0.1) is 0 Å². The zero-order chi connectivity index (χ0) is 45.1. The average Bonchev–Trinajstić information content (AvgIpc) is 3.27. The van der Waals surface area contributed by atoms with Gasteiger partial charge in [-0.1, -0.05) is 230 Å². The Morgan fingerprint density at radius 3 is 1.19 bits per heavy atom. The molecule has 0 radical (unpaired) electrons. The van der Waals surface area contributed by atoms with E-state index in [1.54, 1.807) is 6.08 Å². The summed E-state index contributed by atoms with van der Waals surface area (Å²) in [5, 5.41) is 23.1. The lowest BCUT2D eigenvalue weighted by Gasteiger charge is -2.20. The zero-order valence-corrected chi connectivity index (χ0v) is 41.4. The van der Waals surface area contributed by atoms with Crippen LogP contribution in [-0.2, 0) is 14.3 Å². The molecule has 0 aromatic carbocycles. The van der Waals surface area contributed by atoms with Gasteiger partial charge in [-0.2, -0.15) is 0 Å². The Hall–Kier alpha value is -1.92. The van der Waals surface area contributed by atoms with Crippen molar-refractivity contribution in [1.82, 2.24) is 5.32 Å².